The van der Waals surface area contributed by atoms with Crippen LogP contribution in [0.2, 0.25) is 0 Å². The number of hydrogen-bond donors (Lipinski definition) is 4. The Hall–Kier alpha value is -1.82. The summed E-state index contributed by atoms with van der Waals surface area (Å²) in [6.07, 6.45) is 1.11. The van der Waals surface area contributed by atoms with Crippen LogP contribution in [0.15, 0.2) is 12.1 Å². The Balaban J connectivity index is 3.21. The van der Waals surface area contributed by atoms with Crippen molar-refractivity contribution in [1.29, 1.82) is 0 Å². The van der Waals surface area contributed by atoms with Crippen LogP contribution in [0.1, 0.15) is 37.0 Å². The maximum absolute atomic E-state index is 13.3. The number of nitrogens with one attached hydrogen (secondary N) is 1. The van der Waals surface area contributed by atoms with Crippen molar-refractivity contribution in [1.82, 2.24) is 0 Å². The van der Waals surface area contributed by atoms with E-state index in [1.165, 1.54) is 6.07 Å². The van der Waals surface area contributed by atoms with Gasteiger partial charge in [-0.2, -0.15) is 0 Å². The molecule has 5 N–H and O–H groups in total. The van der Waals surface area contributed by atoms with Crippen LogP contribution in [-0.4, -0.2) is 28.3 Å². The van der Waals surface area contributed by atoms with Gasteiger partial charge in [-0.15, -0.1) is 0 Å². The van der Waals surface area contributed by atoms with E-state index in [2.05, 4.69) is 5.32 Å². The lowest BCUT2D eigenvalue weighted by atomic mass is 9.93. The van der Waals surface area contributed by atoms with Crippen molar-refractivity contribution in [3.63, 3.8) is 0 Å². The summed E-state index contributed by atoms with van der Waals surface area (Å²) in [7, 11) is 0. The van der Waals surface area contributed by atoms with Crippen molar-refractivity contribution in [2.24, 2.45) is 0 Å². The van der Waals surface area contributed by atoms with Crippen LogP contribution in [0.25, 0.3) is 0 Å². The number of anilines is 2. The number of benzene rings is 1. The zero-order chi connectivity index (χ0) is 14.6. The largest absolute Gasteiger partial charge is 0.478 e. The predicted molar refractivity (Wildman–Crippen MR) is 71.8 cm³/mol. The second kappa shape index (κ2) is 5.88. The summed E-state index contributed by atoms with van der Waals surface area (Å²) in [5.74, 6) is -2.05. The van der Waals surface area contributed by atoms with Gasteiger partial charge in [0.05, 0.1) is 11.4 Å². The summed E-state index contributed by atoms with van der Waals surface area (Å²) in [5, 5.41) is 21.2. The Morgan fingerprint density at radius 2 is 2.16 bits per heavy atom. The first kappa shape index (κ1) is 15.2. The number of carboxylic acid groups (broad SMARTS) is 1. The third-order valence-electron chi connectivity index (χ3n) is 3.29. The number of aliphatic hydroxyl groups excluding tert-OH is 1. The molecule has 0 radical (unpaired) electrons. The third kappa shape index (κ3) is 3.35. The lowest BCUT2D eigenvalue weighted by molar-refractivity contribution is 0.0698. The van der Waals surface area contributed by atoms with Gasteiger partial charge in [-0.05, 0) is 31.9 Å². The van der Waals surface area contributed by atoms with Gasteiger partial charge < -0.3 is 21.3 Å². The quantitative estimate of drug-likeness (QED) is 0.593. The van der Waals surface area contributed by atoms with Crippen LogP contribution in [0.4, 0.5) is 15.8 Å². The van der Waals surface area contributed by atoms with Crippen LogP contribution in [-0.2, 0) is 0 Å². The van der Waals surface area contributed by atoms with Crippen molar-refractivity contribution in [3.8, 4) is 0 Å². The average Bonchev–Trinajstić information content (AvgIpc) is 2.34. The Kier molecular flexibility index (Phi) is 4.72. The van der Waals surface area contributed by atoms with E-state index in [1.54, 1.807) is 0 Å². The lowest BCUT2D eigenvalue weighted by Gasteiger charge is -2.31. The van der Waals surface area contributed by atoms with E-state index in [4.69, 9.17) is 15.9 Å². The first-order valence-electron chi connectivity index (χ1n) is 6.05. The molecule has 5 nitrogen and oxygen atoms in total. The Morgan fingerprint density at radius 3 is 2.63 bits per heavy atom. The molecule has 19 heavy (non-hydrogen) atoms. The molecule has 0 amide bonds. The first-order chi connectivity index (χ1) is 8.84. The summed E-state index contributed by atoms with van der Waals surface area (Å²) in [6, 6.07) is 2.47. The highest BCUT2D eigenvalue weighted by Gasteiger charge is 2.25. The molecule has 1 atom stereocenters. The molecule has 0 fully saturated rings. The van der Waals surface area contributed by atoms with Crippen molar-refractivity contribution in [3.05, 3.63) is 23.5 Å². The number of nitrogen functional groups attached to an aromatic ring is 1. The van der Waals surface area contributed by atoms with Gasteiger partial charge in [0.15, 0.2) is 0 Å². The Morgan fingerprint density at radius 1 is 1.53 bits per heavy atom. The molecule has 1 aromatic rings. The normalized spacial score (nSPS) is 13.9. The Labute approximate surface area is 111 Å². The van der Waals surface area contributed by atoms with Crippen molar-refractivity contribution in [2.75, 3.05) is 17.7 Å². The monoisotopic (exact) mass is 270 g/mol. The van der Waals surface area contributed by atoms with Gasteiger partial charge in [0.2, 0.25) is 0 Å². The second-order valence-electron chi connectivity index (χ2n) is 4.70. The summed E-state index contributed by atoms with van der Waals surface area (Å²) in [6.45, 7) is 3.74. The molecule has 0 saturated heterocycles. The van der Waals surface area contributed by atoms with Crippen LogP contribution in [0.5, 0.6) is 0 Å². The highest BCUT2D eigenvalue weighted by Crippen LogP contribution is 2.29. The van der Waals surface area contributed by atoms with Crippen LogP contribution < -0.4 is 11.1 Å². The summed E-state index contributed by atoms with van der Waals surface area (Å²) in [5.41, 5.74) is 4.58. The summed E-state index contributed by atoms with van der Waals surface area (Å²) in [4.78, 5) is 11.2. The molecule has 106 valence electrons. The topological polar surface area (TPSA) is 95.6 Å². The lowest BCUT2D eigenvalue weighted by Crippen LogP contribution is -2.35. The van der Waals surface area contributed by atoms with Crippen LogP contribution in [0, 0.1) is 5.82 Å². The standard InChI is InChI=1S/C13H19FN2O3/c1-3-13(2,6-7-17)16-9-5-4-8(14)11(15)10(9)12(18)19/h4-5,16-17H,3,6-7,15H2,1-2H3,(H,18,19). The highest BCUT2D eigenvalue weighted by atomic mass is 19.1. The number of aromatic carboxylic acids is 1. The smallest absolute Gasteiger partial charge is 0.340 e. The van der Waals surface area contributed by atoms with E-state index >= 15 is 0 Å². The molecule has 0 aliphatic carbocycles. The number of aliphatic hydroxyl groups is 1. The van der Waals surface area contributed by atoms with Gasteiger partial charge in [0.1, 0.15) is 11.4 Å². The number of nitrogens with two attached hydrogens (primary N) is 1. The van der Waals surface area contributed by atoms with Gasteiger partial charge >= 0.3 is 5.97 Å². The minimum absolute atomic E-state index is 0.0313. The number of halogens is 1. The van der Waals surface area contributed by atoms with E-state index in [0.29, 0.717) is 12.8 Å². The molecule has 0 aromatic heterocycles. The number of carbonyl (C=O) groups is 1. The molecule has 0 aliphatic heterocycles. The van der Waals surface area contributed by atoms with Crippen LogP contribution >= 0.6 is 0 Å². The number of hydrogen-bond acceptors (Lipinski definition) is 4. The van der Waals surface area contributed by atoms with Gasteiger partial charge in [-0.3, -0.25) is 0 Å². The molecule has 0 saturated carbocycles. The molecule has 0 bridgehead atoms. The molecule has 1 unspecified atom stereocenters. The Bertz CT molecular complexity index is 479. The minimum Gasteiger partial charge on any atom is -0.478 e. The van der Waals surface area contributed by atoms with E-state index in [9.17, 15) is 9.18 Å². The first-order valence-corrected chi connectivity index (χ1v) is 6.05. The zero-order valence-electron chi connectivity index (χ0n) is 11.0. The summed E-state index contributed by atoms with van der Waals surface area (Å²) >= 11 is 0. The molecule has 0 aliphatic rings. The zero-order valence-corrected chi connectivity index (χ0v) is 11.0. The molecular formula is C13H19FN2O3. The SMILES string of the molecule is CCC(C)(CCO)Nc1ccc(F)c(N)c1C(=O)O. The molecule has 0 heterocycles. The molecule has 0 spiro atoms. The maximum Gasteiger partial charge on any atom is 0.340 e. The predicted octanol–water partition coefficient (Wildman–Crippen LogP) is 2.07. The van der Waals surface area contributed by atoms with Gasteiger partial charge in [0.25, 0.3) is 0 Å². The summed E-state index contributed by atoms with van der Waals surface area (Å²) < 4.78 is 13.3. The van der Waals surface area contributed by atoms with Gasteiger partial charge in [-0.25, -0.2) is 9.18 Å². The fraction of sp³-hybridized carbons (Fsp3) is 0.462. The fourth-order valence-electron chi connectivity index (χ4n) is 1.83. The molecular weight excluding hydrogens is 251 g/mol. The van der Waals surface area contributed by atoms with E-state index in [1.807, 2.05) is 13.8 Å². The average molecular weight is 270 g/mol. The van der Waals surface area contributed by atoms with Crippen molar-refractivity contribution >= 4 is 17.3 Å². The fourth-order valence-corrected chi connectivity index (χ4v) is 1.83. The number of rotatable bonds is 6. The van der Waals surface area contributed by atoms with Gasteiger partial charge in [0, 0.05) is 12.1 Å². The van der Waals surface area contributed by atoms with Gasteiger partial charge in [-0.1, -0.05) is 6.92 Å². The van der Waals surface area contributed by atoms with E-state index < -0.39 is 17.3 Å². The molecule has 1 aromatic carbocycles. The second-order valence-corrected chi connectivity index (χ2v) is 4.70. The van der Waals surface area contributed by atoms with E-state index in [-0.39, 0.29) is 23.5 Å². The van der Waals surface area contributed by atoms with Crippen molar-refractivity contribution < 1.29 is 19.4 Å². The maximum atomic E-state index is 13.3. The number of carboxylic acids is 1. The third-order valence-corrected chi connectivity index (χ3v) is 3.29. The van der Waals surface area contributed by atoms with Crippen LogP contribution in [0.3, 0.4) is 0 Å². The highest BCUT2D eigenvalue weighted by molar-refractivity contribution is 6.00. The minimum atomic E-state index is -1.29. The van der Waals surface area contributed by atoms with E-state index in [0.717, 1.165) is 6.07 Å². The van der Waals surface area contributed by atoms with Crippen molar-refractivity contribution in [2.45, 2.75) is 32.2 Å². The molecule has 1 rings (SSSR count). The molecule has 6 heteroatoms.